The summed E-state index contributed by atoms with van der Waals surface area (Å²) in [5.74, 6) is 0.964. The number of fused-ring (bicyclic) bond motifs is 5. The lowest BCUT2D eigenvalue weighted by atomic mass is 9.75. The van der Waals surface area contributed by atoms with Gasteiger partial charge in [0.1, 0.15) is 22.7 Å². The highest BCUT2D eigenvalue weighted by atomic mass is 32.1. The SMILES string of the molecule is Cc1cc(Nc2ncnc3sc4c(c23)CC[C@H](C(=O)N2CC[C@H](N(C)C)C2)C4)c(=O)n2c1C(=O)CC21CCC1. The van der Waals surface area contributed by atoms with Crippen molar-refractivity contribution in [3.8, 4) is 0 Å². The van der Waals surface area contributed by atoms with Gasteiger partial charge in [-0.25, -0.2) is 9.97 Å². The van der Waals surface area contributed by atoms with E-state index >= 15 is 0 Å². The monoisotopic (exact) mass is 546 g/mol. The van der Waals surface area contributed by atoms with Crippen molar-refractivity contribution in [3.05, 3.63) is 44.4 Å². The van der Waals surface area contributed by atoms with Crippen molar-refractivity contribution in [1.29, 1.82) is 0 Å². The summed E-state index contributed by atoms with van der Waals surface area (Å²) >= 11 is 1.64. The van der Waals surface area contributed by atoms with Crippen molar-refractivity contribution in [2.75, 3.05) is 32.5 Å². The van der Waals surface area contributed by atoms with Crippen LogP contribution in [0.25, 0.3) is 10.2 Å². The smallest absolute Gasteiger partial charge is 0.275 e. The Hall–Kier alpha value is -3.11. The number of Topliss-reactive ketones (excluding diaryl/α,β-unsaturated/α-hetero) is 1. The highest BCUT2D eigenvalue weighted by molar-refractivity contribution is 7.19. The van der Waals surface area contributed by atoms with Gasteiger partial charge in [0.05, 0.1) is 16.6 Å². The van der Waals surface area contributed by atoms with Crippen LogP contribution in [-0.4, -0.2) is 69.3 Å². The van der Waals surface area contributed by atoms with Gasteiger partial charge in [-0.15, -0.1) is 11.3 Å². The van der Waals surface area contributed by atoms with Gasteiger partial charge in [-0.1, -0.05) is 0 Å². The van der Waals surface area contributed by atoms with Crippen LogP contribution in [0.2, 0.25) is 0 Å². The first-order valence-corrected chi connectivity index (χ1v) is 14.9. The van der Waals surface area contributed by atoms with E-state index in [1.165, 1.54) is 16.8 Å². The first kappa shape index (κ1) is 24.9. The van der Waals surface area contributed by atoms with E-state index in [9.17, 15) is 14.4 Å². The van der Waals surface area contributed by atoms with Crippen molar-refractivity contribution in [1.82, 2.24) is 24.3 Å². The molecule has 204 valence electrons. The number of pyridine rings is 1. The molecule has 39 heavy (non-hydrogen) atoms. The minimum Gasteiger partial charge on any atom is -0.341 e. The molecule has 1 N–H and O–H groups in total. The zero-order valence-corrected chi connectivity index (χ0v) is 23.6. The van der Waals surface area contributed by atoms with E-state index in [1.807, 2.05) is 11.8 Å². The fourth-order valence-electron chi connectivity index (χ4n) is 7.24. The van der Waals surface area contributed by atoms with Crippen LogP contribution in [0.4, 0.5) is 11.5 Å². The summed E-state index contributed by atoms with van der Waals surface area (Å²) in [4.78, 5) is 55.3. The van der Waals surface area contributed by atoms with E-state index in [-0.39, 0.29) is 28.7 Å². The lowest BCUT2D eigenvalue weighted by molar-refractivity contribution is -0.134. The van der Waals surface area contributed by atoms with E-state index < -0.39 is 0 Å². The number of nitrogens with zero attached hydrogens (tertiary/aromatic N) is 5. The molecule has 1 amide bonds. The second-order valence-electron chi connectivity index (χ2n) is 12.1. The fraction of sp³-hybridized carbons (Fsp3) is 0.552. The Bertz CT molecular complexity index is 1590. The maximum atomic E-state index is 13.7. The summed E-state index contributed by atoms with van der Waals surface area (Å²) in [5.41, 5.74) is 2.53. The minimum atomic E-state index is -0.349. The molecule has 9 nitrogen and oxygen atoms in total. The first-order valence-electron chi connectivity index (χ1n) is 14.0. The third-order valence-electron chi connectivity index (χ3n) is 9.56. The Labute approximate surface area is 231 Å². The van der Waals surface area contributed by atoms with Gasteiger partial charge in [-0.2, -0.15) is 0 Å². The predicted molar refractivity (Wildman–Crippen MR) is 151 cm³/mol. The number of likely N-dealkylation sites (N-methyl/N-ethyl adjacent to an activating group) is 1. The number of aromatic nitrogens is 3. The molecule has 3 aromatic heterocycles. The van der Waals surface area contributed by atoms with Gasteiger partial charge in [0.15, 0.2) is 5.78 Å². The summed E-state index contributed by atoms with van der Waals surface area (Å²) < 4.78 is 1.77. The molecule has 1 saturated heterocycles. The average Bonchev–Trinajstić information content (AvgIpc) is 3.60. The number of amides is 1. The normalized spacial score (nSPS) is 23.4. The number of rotatable bonds is 4. The van der Waals surface area contributed by atoms with Crippen LogP contribution in [0.1, 0.15) is 65.0 Å². The van der Waals surface area contributed by atoms with E-state index in [1.54, 1.807) is 22.0 Å². The van der Waals surface area contributed by atoms with Crippen molar-refractivity contribution in [3.63, 3.8) is 0 Å². The van der Waals surface area contributed by atoms with Gasteiger partial charge in [-0.05, 0) is 83.2 Å². The number of ketones is 1. The molecular weight excluding hydrogens is 512 g/mol. The number of hydrogen-bond acceptors (Lipinski definition) is 8. The van der Waals surface area contributed by atoms with Crippen LogP contribution in [0.15, 0.2) is 17.2 Å². The molecule has 2 aliphatic carbocycles. The number of aryl methyl sites for hydroxylation is 2. The van der Waals surface area contributed by atoms with Gasteiger partial charge in [0.25, 0.3) is 5.56 Å². The zero-order chi connectivity index (χ0) is 27.1. The third-order valence-corrected chi connectivity index (χ3v) is 10.7. The quantitative estimate of drug-likeness (QED) is 0.533. The molecule has 3 aromatic rings. The number of thiophene rings is 1. The highest BCUT2D eigenvalue weighted by Crippen LogP contribution is 2.47. The van der Waals surface area contributed by atoms with Crippen LogP contribution in [0.5, 0.6) is 0 Å². The van der Waals surface area contributed by atoms with E-state index in [2.05, 4.69) is 34.3 Å². The molecule has 1 spiro atoms. The molecule has 4 aliphatic rings. The maximum Gasteiger partial charge on any atom is 0.275 e. The topological polar surface area (TPSA) is 100 Å². The van der Waals surface area contributed by atoms with E-state index in [4.69, 9.17) is 0 Å². The molecule has 0 bridgehead atoms. The fourth-order valence-corrected chi connectivity index (χ4v) is 8.51. The van der Waals surface area contributed by atoms with Crippen molar-refractivity contribution < 1.29 is 9.59 Å². The molecule has 2 atom stereocenters. The summed E-state index contributed by atoms with van der Waals surface area (Å²) in [6, 6.07) is 2.23. The second-order valence-corrected chi connectivity index (χ2v) is 13.2. The Balaban J connectivity index is 1.19. The second kappa shape index (κ2) is 8.96. The molecule has 2 aliphatic heterocycles. The van der Waals surface area contributed by atoms with Crippen molar-refractivity contribution in [2.45, 2.75) is 69.9 Å². The number of carbonyl (C=O) groups is 2. The number of hydrogen-bond donors (Lipinski definition) is 1. The molecule has 0 aromatic carbocycles. The largest absolute Gasteiger partial charge is 0.341 e. The van der Waals surface area contributed by atoms with Crippen LogP contribution in [0, 0.1) is 12.8 Å². The summed E-state index contributed by atoms with van der Waals surface area (Å²) in [7, 11) is 4.16. The molecular formula is C29H34N6O3S. The van der Waals surface area contributed by atoms with Gasteiger partial charge in [-0.3, -0.25) is 19.0 Å². The summed E-state index contributed by atoms with van der Waals surface area (Å²) in [6.07, 6.45) is 8.10. The number of anilines is 2. The Morgan fingerprint density at radius 3 is 2.74 bits per heavy atom. The number of carbonyl (C=O) groups excluding carboxylic acids is 2. The van der Waals surface area contributed by atoms with Crippen LogP contribution >= 0.6 is 11.3 Å². The van der Waals surface area contributed by atoms with Gasteiger partial charge >= 0.3 is 0 Å². The Morgan fingerprint density at radius 2 is 2.03 bits per heavy atom. The summed E-state index contributed by atoms with van der Waals surface area (Å²) in [5, 5.41) is 4.30. The van der Waals surface area contributed by atoms with Crippen LogP contribution in [-0.2, 0) is 23.2 Å². The lowest BCUT2D eigenvalue weighted by Gasteiger charge is -2.39. The lowest BCUT2D eigenvalue weighted by Crippen LogP contribution is -2.44. The molecule has 10 heteroatoms. The standard InChI is InChI=1S/C29H34N6O3S/c1-16-11-20(28(38)35-24(16)21(36)13-29(35)8-4-9-29)32-25-23-19-6-5-17(12-22(19)39-26(23)31-15-30-25)27(37)34-10-7-18(14-34)33(2)3/h11,15,17-18H,4-10,12-14H2,1-3H3,(H,30,31,32)/t17-,18-/m0/s1. The van der Waals surface area contributed by atoms with Gasteiger partial charge in [0, 0.05) is 36.3 Å². The third kappa shape index (κ3) is 3.78. The van der Waals surface area contributed by atoms with Gasteiger partial charge < -0.3 is 15.1 Å². The highest BCUT2D eigenvalue weighted by Gasteiger charge is 2.49. The Morgan fingerprint density at radius 1 is 1.21 bits per heavy atom. The zero-order valence-electron chi connectivity index (χ0n) is 22.7. The molecule has 2 fully saturated rings. The Kier molecular flexibility index (Phi) is 5.72. The first-order chi connectivity index (χ1) is 18.8. The minimum absolute atomic E-state index is 0.00366. The number of likely N-dealkylation sites (tertiary alicyclic amines) is 1. The van der Waals surface area contributed by atoms with E-state index in [0.717, 1.165) is 73.8 Å². The molecule has 5 heterocycles. The van der Waals surface area contributed by atoms with Crippen LogP contribution in [0.3, 0.4) is 0 Å². The van der Waals surface area contributed by atoms with Crippen molar-refractivity contribution in [2.24, 2.45) is 5.92 Å². The molecule has 0 radical (unpaired) electrons. The molecule has 7 rings (SSSR count). The van der Waals surface area contributed by atoms with E-state index in [0.29, 0.717) is 29.7 Å². The van der Waals surface area contributed by atoms with Gasteiger partial charge in [0.2, 0.25) is 5.91 Å². The average molecular weight is 547 g/mol. The summed E-state index contributed by atoms with van der Waals surface area (Å²) in [6.45, 7) is 3.55. The van der Waals surface area contributed by atoms with Crippen molar-refractivity contribution >= 4 is 44.7 Å². The van der Waals surface area contributed by atoms with Crippen LogP contribution < -0.4 is 10.9 Å². The molecule has 1 saturated carbocycles. The molecule has 0 unspecified atom stereocenters. The predicted octanol–water partition coefficient (Wildman–Crippen LogP) is 3.64. The number of nitrogens with one attached hydrogen (secondary N) is 1. The maximum absolute atomic E-state index is 13.7.